The summed E-state index contributed by atoms with van der Waals surface area (Å²) in [6.07, 6.45) is 6.20. The van der Waals surface area contributed by atoms with Crippen LogP contribution in [0.15, 0.2) is 40.1 Å². The van der Waals surface area contributed by atoms with Gasteiger partial charge in [-0.2, -0.15) is 4.57 Å². The van der Waals surface area contributed by atoms with Gasteiger partial charge in [0.2, 0.25) is 0 Å². The minimum atomic E-state index is -1.15. The number of fused-ring (bicyclic) bond motifs is 2. The van der Waals surface area contributed by atoms with Crippen LogP contribution in [-0.4, -0.2) is 62.8 Å². The first-order valence-electron chi connectivity index (χ1n) is 11.4. The second-order valence-corrected chi connectivity index (χ2v) is 10.6. The number of nitrogens with two attached hydrogens (primary N) is 1. The molecule has 4 N–H and O–H groups in total. The van der Waals surface area contributed by atoms with Crippen LogP contribution < -0.4 is 45.2 Å². The largest absolute Gasteiger partial charge is 1.00 e. The predicted octanol–water partition coefficient (Wildman–Crippen LogP) is -2.20. The average Bonchev–Trinajstić information content (AvgIpc) is 3.31. The Hall–Kier alpha value is -2.45. The van der Waals surface area contributed by atoms with Crippen LogP contribution in [0.2, 0.25) is 0 Å². The number of nitrogens with one attached hydrogen (secondary N) is 1. The van der Waals surface area contributed by atoms with E-state index < -0.39 is 29.2 Å². The van der Waals surface area contributed by atoms with Crippen molar-refractivity contribution in [1.29, 1.82) is 0 Å². The first kappa shape index (κ1) is 27.6. The van der Waals surface area contributed by atoms with Gasteiger partial charge in [-0.3, -0.25) is 14.5 Å². The van der Waals surface area contributed by atoms with Crippen LogP contribution in [0, 0.1) is 0 Å². The van der Waals surface area contributed by atoms with Gasteiger partial charge in [0.25, 0.3) is 11.8 Å². The quantitative estimate of drug-likeness (QED) is 0.115. The number of carbonyl (C=O) groups excluding carboxylic acids is 2. The molecule has 2 atom stereocenters. The summed E-state index contributed by atoms with van der Waals surface area (Å²) in [5.74, 6) is -1.86. The van der Waals surface area contributed by atoms with Crippen molar-refractivity contribution in [2.24, 2.45) is 5.16 Å². The number of aromatic nitrogens is 2. The Labute approximate surface area is 244 Å². The topological polar surface area (TPSA) is 151 Å². The number of hydrogen-bond acceptors (Lipinski definition) is 9. The van der Waals surface area contributed by atoms with Gasteiger partial charge in [0.05, 0.1) is 0 Å². The molecule has 11 nitrogen and oxygen atoms in total. The minimum absolute atomic E-state index is 0. The number of nitrogen functional groups attached to an aromatic ring is 1. The predicted molar refractivity (Wildman–Crippen MR) is 134 cm³/mol. The van der Waals surface area contributed by atoms with Crippen molar-refractivity contribution in [3.05, 3.63) is 51.9 Å². The summed E-state index contributed by atoms with van der Waals surface area (Å²) < 4.78 is 2.10. The van der Waals surface area contributed by atoms with E-state index in [1.165, 1.54) is 35.0 Å². The van der Waals surface area contributed by atoms with E-state index in [0.29, 0.717) is 17.9 Å². The van der Waals surface area contributed by atoms with Crippen LogP contribution in [0.4, 0.5) is 5.13 Å². The summed E-state index contributed by atoms with van der Waals surface area (Å²) in [4.78, 5) is 48.4. The van der Waals surface area contributed by atoms with Gasteiger partial charge in [-0.1, -0.05) is 5.16 Å². The standard InChI is InChI=1S/C23H24N6O5S2.Na.H/c1-34-27-16(14-11-36-23(24)25-14)19(30)26-17-20(31)29-18(22(32)33)13(10-35-21(17)29)9-28-8-4-6-12-5-2-3-7-15(12)28;;/h4,6,8,11,17,21H,2-3,5,7,9-10H2,1H3,(H3-,24,25,26,30,32,33);;/q;+1;-1/p+1/b27-16+;;/t17-,21-;;/m1../s1. The number of pyridine rings is 1. The molecule has 2 amide bonds. The number of carboxylic acid groups (broad SMARTS) is 1. The minimum Gasteiger partial charge on any atom is -1.00 e. The molecule has 0 aromatic carbocycles. The van der Waals surface area contributed by atoms with E-state index in [-0.39, 0.29) is 53.2 Å². The normalized spacial score (nSPS) is 20.8. The molecule has 37 heavy (non-hydrogen) atoms. The van der Waals surface area contributed by atoms with Crippen LogP contribution >= 0.6 is 23.1 Å². The molecular formula is C23H26N6NaO5S2+. The summed E-state index contributed by atoms with van der Waals surface area (Å²) in [7, 11) is 1.30. The molecule has 2 aliphatic heterocycles. The molecule has 0 saturated carbocycles. The summed E-state index contributed by atoms with van der Waals surface area (Å²) >= 11 is 2.57. The summed E-state index contributed by atoms with van der Waals surface area (Å²) in [6.45, 7) is 0.404. The fraction of sp³-hybridized carbons (Fsp3) is 0.391. The van der Waals surface area contributed by atoms with Gasteiger partial charge in [0, 0.05) is 34.8 Å². The molecule has 5 rings (SSSR count). The van der Waals surface area contributed by atoms with E-state index in [4.69, 9.17) is 10.6 Å². The van der Waals surface area contributed by atoms with Gasteiger partial charge in [0.1, 0.15) is 29.9 Å². The van der Waals surface area contributed by atoms with Crippen molar-refractivity contribution in [3.63, 3.8) is 0 Å². The number of hydrogen-bond donors (Lipinski definition) is 3. The second-order valence-electron chi connectivity index (χ2n) is 8.63. The van der Waals surface area contributed by atoms with Crippen molar-refractivity contribution in [3.8, 4) is 0 Å². The third-order valence-corrected chi connectivity index (χ3v) is 8.46. The van der Waals surface area contributed by atoms with E-state index in [0.717, 1.165) is 37.0 Å². The van der Waals surface area contributed by atoms with E-state index in [2.05, 4.69) is 26.1 Å². The van der Waals surface area contributed by atoms with Crippen LogP contribution in [0.3, 0.4) is 0 Å². The number of rotatable bonds is 7. The molecule has 2 aromatic rings. The number of thioether (sulfide) groups is 1. The number of anilines is 1. The Morgan fingerprint density at radius 3 is 2.89 bits per heavy atom. The zero-order valence-corrected chi connectivity index (χ0v) is 24.1. The van der Waals surface area contributed by atoms with E-state index in [1.54, 1.807) is 5.38 Å². The maximum Gasteiger partial charge on any atom is 1.00 e. The molecule has 0 bridgehead atoms. The number of carbonyl (C=O) groups is 3. The molecule has 14 heteroatoms. The van der Waals surface area contributed by atoms with Crippen molar-refractivity contribution in [2.75, 3.05) is 18.6 Å². The Morgan fingerprint density at radius 1 is 1.41 bits per heavy atom. The van der Waals surface area contributed by atoms with Gasteiger partial charge < -0.3 is 22.4 Å². The van der Waals surface area contributed by atoms with Crippen LogP contribution in [0.5, 0.6) is 0 Å². The van der Waals surface area contributed by atoms with Crippen molar-refractivity contribution < 1.29 is 59.9 Å². The number of nitrogens with zero attached hydrogens (tertiary/aromatic N) is 4. The Bertz CT molecular complexity index is 1320. The van der Waals surface area contributed by atoms with Crippen LogP contribution in [0.1, 0.15) is 31.2 Å². The van der Waals surface area contributed by atoms with E-state index >= 15 is 0 Å². The molecule has 0 radical (unpaired) electrons. The van der Waals surface area contributed by atoms with Crippen LogP contribution in [-0.2, 0) is 38.6 Å². The Morgan fingerprint density at radius 2 is 2.19 bits per heavy atom. The molecule has 190 valence electrons. The number of aliphatic carboxylic acids is 1. The first-order valence-corrected chi connectivity index (χ1v) is 13.4. The Balaban J connectivity index is 0.00000200. The fourth-order valence-electron chi connectivity index (χ4n) is 4.83. The van der Waals surface area contributed by atoms with Gasteiger partial charge in [0.15, 0.2) is 29.3 Å². The fourth-order valence-corrected chi connectivity index (χ4v) is 6.72. The van der Waals surface area contributed by atoms with Crippen molar-refractivity contribution in [1.82, 2.24) is 15.2 Å². The van der Waals surface area contributed by atoms with Gasteiger partial charge >= 0.3 is 35.5 Å². The number of carboxylic acids is 1. The molecule has 3 aliphatic rings. The van der Waals surface area contributed by atoms with Gasteiger partial charge in [-0.15, -0.1) is 23.1 Å². The van der Waals surface area contributed by atoms with E-state index in [9.17, 15) is 19.5 Å². The smallest absolute Gasteiger partial charge is 1.00 e. The molecule has 0 unspecified atom stereocenters. The maximum absolute atomic E-state index is 13.1. The zero-order valence-electron chi connectivity index (χ0n) is 21.5. The van der Waals surface area contributed by atoms with Crippen molar-refractivity contribution in [2.45, 2.75) is 43.6 Å². The number of β-lactam (4-membered cyclic amide) rings is 1. The molecular weight excluding hydrogens is 527 g/mol. The third-order valence-electron chi connectivity index (χ3n) is 6.45. The summed E-state index contributed by atoms with van der Waals surface area (Å²) in [5.41, 5.74) is 8.96. The third kappa shape index (κ3) is 5.28. The SMILES string of the molecule is CO/N=C(/C(=O)N[C@@H]1C(=O)N2C(C(=O)O)=C(C[n+]3cccc4c3CCCC4)CS[C@H]12)c1csc(N)n1.[H-].[Na+]. The number of oxime groups is 1. The number of amides is 2. The number of aryl methyl sites for hydroxylation is 1. The first-order chi connectivity index (χ1) is 17.4. The zero-order chi connectivity index (χ0) is 25.4. The van der Waals surface area contributed by atoms with Crippen LogP contribution in [0.25, 0.3) is 0 Å². The molecule has 2 aromatic heterocycles. The monoisotopic (exact) mass is 553 g/mol. The van der Waals surface area contributed by atoms with Gasteiger partial charge in [-0.25, -0.2) is 9.78 Å². The second kappa shape index (κ2) is 11.5. The van der Waals surface area contributed by atoms with Crippen molar-refractivity contribution >= 4 is 51.7 Å². The molecule has 1 aliphatic carbocycles. The molecule has 1 saturated heterocycles. The Kier molecular flexibility index (Phi) is 8.59. The molecule has 1 fully saturated rings. The van der Waals surface area contributed by atoms with E-state index in [1.807, 2.05) is 12.3 Å². The molecule has 0 spiro atoms. The maximum atomic E-state index is 13.1. The average molecular weight is 554 g/mol. The molecule has 4 heterocycles. The summed E-state index contributed by atoms with van der Waals surface area (Å²) in [6, 6.07) is 3.21. The summed E-state index contributed by atoms with van der Waals surface area (Å²) in [5, 5.41) is 17.7. The number of thiazole rings is 1. The van der Waals surface area contributed by atoms with Gasteiger partial charge in [-0.05, 0) is 25.3 Å².